The Hall–Kier alpha value is -3.55. The van der Waals surface area contributed by atoms with E-state index in [-0.39, 0.29) is 11.8 Å². The van der Waals surface area contributed by atoms with Crippen molar-refractivity contribution >= 4 is 11.8 Å². The molecule has 0 atom stereocenters. The number of carbonyl (C=O) groups is 2. The highest BCUT2D eigenvalue weighted by Gasteiger charge is 2.19. The van der Waals surface area contributed by atoms with Crippen LogP contribution >= 0.6 is 0 Å². The zero-order valence-corrected chi connectivity index (χ0v) is 17.4. The summed E-state index contributed by atoms with van der Waals surface area (Å²) < 4.78 is 0. The Morgan fingerprint density at radius 1 is 1.06 bits per heavy atom. The second kappa shape index (κ2) is 9.97. The molecule has 31 heavy (non-hydrogen) atoms. The quantitative estimate of drug-likeness (QED) is 0.576. The second-order valence-electron chi connectivity index (χ2n) is 7.69. The van der Waals surface area contributed by atoms with Crippen LogP contribution in [0.4, 0.5) is 0 Å². The van der Waals surface area contributed by atoms with E-state index in [0.29, 0.717) is 44.7 Å². The number of nitrogens with one attached hydrogen (secondary N) is 1. The van der Waals surface area contributed by atoms with E-state index in [1.165, 1.54) is 4.80 Å². The molecule has 0 aliphatic carbocycles. The lowest BCUT2D eigenvalue weighted by atomic mass is 10.1. The molecule has 0 saturated carbocycles. The van der Waals surface area contributed by atoms with Crippen LogP contribution in [0.5, 0.6) is 0 Å². The fraction of sp³-hybridized carbons (Fsp3) is 0.348. The van der Waals surface area contributed by atoms with Crippen molar-refractivity contribution in [2.24, 2.45) is 0 Å². The van der Waals surface area contributed by atoms with Crippen LogP contribution in [-0.2, 0) is 29.2 Å². The number of rotatable bonds is 9. The fourth-order valence-electron chi connectivity index (χ4n) is 3.64. The number of amides is 2. The van der Waals surface area contributed by atoms with Gasteiger partial charge in [0.1, 0.15) is 0 Å². The minimum absolute atomic E-state index is 0.0106. The van der Waals surface area contributed by atoms with E-state index in [2.05, 4.69) is 26.8 Å². The van der Waals surface area contributed by atoms with Gasteiger partial charge in [-0.2, -0.15) is 4.80 Å². The van der Waals surface area contributed by atoms with Crippen molar-refractivity contribution in [3.05, 3.63) is 65.7 Å². The van der Waals surface area contributed by atoms with Crippen LogP contribution in [0.1, 0.15) is 36.8 Å². The van der Waals surface area contributed by atoms with E-state index >= 15 is 0 Å². The summed E-state index contributed by atoms with van der Waals surface area (Å²) in [5, 5.41) is 15.4. The van der Waals surface area contributed by atoms with Gasteiger partial charge >= 0.3 is 0 Å². The van der Waals surface area contributed by atoms with E-state index in [1.807, 2.05) is 53.4 Å². The van der Waals surface area contributed by atoms with Gasteiger partial charge in [-0.25, -0.2) is 0 Å². The molecule has 160 valence electrons. The van der Waals surface area contributed by atoms with Gasteiger partial charge in [0.25, 0.3) is 0 Å². The Kier molecular flexibility index (Phi) is 6.66. The molecule has 0 radical (unpaired) electrons. The Balaban J connectivity index is 1.20. The first-order valence-corrected chi connectivity index (χ1v) is 10.6. The molecule has 2 amide bonds. The van der Waals surface area contributed by atoms with E-state index in [4.69, 9.17) is 0 Å². The highest BCUT2D eigenvalue weighted by Crippen LogP contribution is 2.15. The summed E-state index contributed by atoms with van der Waals surface area (Å²) in [5.74, 6) is 0.792. The van der Waals surface area contributed by atoms with Crippen molar-refractivity contribution < 1.29 is 9.59 Å². The molecule has 8 nitrogen and oxygen atoms in total. The number of aromatic nitrogens is 4. The first-order chi connectivity index (χ1) is 15.2. The second-order valence-corrected chi connectivity index (χ2v) is 7.69. The molecule has 2 aromatic carbocycles. The molecule has 4 rings (SSSR count). The number of aryl methyl sites for hydroxylation is 1. The summed E-state index contributed by atoms with van der Waals surface area (Å²) in [5.41, 5.74) is 3.04. The van der Waals surface area contributed by atoms with Crippen LogP contribution < -0.4 is 5.32 Å². The number of tetrazole rings is 1. The Labute approximate surface area is 181 Å². The predicted octanol–water partition coefficient (Wildman–Crippen LogP) is 2.56. The van der Waals surface area contributed by atoms with Gasteiger partial charge in [0.2, 0.25) is 17.6 Å². The maximum Gasteiger partial charge on any atom is 0.222 e. The molecular weight excluding hydrogens is 392 g/mol. The summed E-state index contributed by atoms with van der Waals surface area (Å²) >= 11 is 0. The number of likely N-dealkylation sites (tertiary alicyclic amines) is 1. The summed E-state index contributed by atoms with van der Waals surface area (Å²) in [6, 6.07) is 17.7. The van der Waals surface area contributed by atoms with Crippen molar-refractivity contribution in [1.29, 1.82) is 0 Å². The molecule has 1 fully saturated rings. The monoisotopic (exact) mass is 418 g/mol. The molecule has 2 heterocycles. The average molecular weight is 419 g/mol. The van der Waals surface area contributed by atoms with Crippen LogP contribution in [0.15, 0.2) is 54.6 Å². The van der Waals surface area contributed by atoms with Crippen LogP contribution in [-0.4, -0.2) is 43.5 Å². The normalized spacial score (nSPS) is 13.5. The number of benzene rings is 2. The summed E-state index contributed by atoms with van der Waals surface area (Å²) in [4.78, 5) is 27.4. The maximum atomic E-state index is 12.2. The molecule has 1 aliphatic heterocycles. The SMILES string of the molecule is O=C(CCCn1nnc(-c2ccccc2)n1)NCc1cccc(CN2CCCC2=O)c1. The molecular formula is C23H26N6O2. The molecule has 0 spiro atoms. The van der Waals surface area contributed by atoms with Gasteiger partial charge in [-0.05, 0) is 29.2 Å². The van der Waals surface area contributed by atoms with Crippen LogP contribution in [0.25, 0.3) is 11.4 Å². The molecule has 1 N–H and O–H groups in total. The lowest BCUT2D eigenvalue weighted by Gasteiger charge is -2.16. The van der Waals surface area contributed by atoms with Gasteiger partial charge in [-0.3, -0.25) is 9.59 Å². The average Bonchev–Trinajstić information content (AvgIpc) is 3.43. The van der Waals surface area contributed by atoms with Gasteiger partial charge in [0.05, 0.1) is 6.54 Å². The number of hydrogen-bond acceptors (Lipinski definition) is 5. The van der Waals surface area contributed by atoms with Gasteiger partial charge in [0, 0.05) is 38.0 Å². The topological polar surface area (TPSA) is 93.0 Å². The summed E-state index contributed by atoms with van der Waals surface area (Å²) in [7, 11) is 0. The highest BCUT2D eigenvalue weighted by molar-refractivity contribution is 5.78. The van der Waals surface area contributed by atoms with E-state index in [9.17, 15) is 9.59 Å². The zero-order valence-electron chi connectivity index (χ0n) is 17.4. The van der Waals surface area contributed by atoms with E-state index in [0.717, 1.165) is 29.7 Å². The molecule has 0 unspecified atom stereocenters. The molecule has 1 aromatic heterocycles. The Morgan fingerprint density at radius 2 is 1.90 bits per heavy atom. The number of hydrogen-bond donors (Lipinski definition) is 1. The molecule has 1 saturated heterocycles. The minimum Gasteiger partial charge on any atom is -0.352 e. The highest BCUT2D eigenvalue weighted by atomic mass is 16.2. The van der Waals surface area contributed by atoms with Gasteiger partial charge < -0.3 is 10.2 Å². The van der Waals surface area contributed by atoms with E-state index in [1.54, 1.807) is 0 Å². The minimum atomic E-state index is -0.0106. The Bertz CT molecular complexity index is 1030. The zero-order chi connectivity index (χ0) is 21.5. The lowest BCUT2D eigenvalue weighted by molar-refractivity contribution is -0.128. The van der Waals surface area contributed by atoms with Crippen molar-refractivity contribution in [2.45, 2.75) is 45.3 Å². The van der Waals surface area contributed by atoms with Crippen LogP contribution in [0.2, 0.25) is 0 Å². The first-order valence-electron chi connectivity index (χ1n) is 10.6. The van der Waals surface area contributed by atoms with Crippen molar-refractivity contribution in [2.75, 3.05) is 6.54 Å². The number of nitrogens with zero attached hydrogens (tertiary/aromatic N) is 5. The molecule has 8 heteroatoms. The van der Waals surface area contributed by atoms with Gasteiger partial charge in [0.15, 0.2) is 0 Å². The fourth-order valence-corrected chi connectivity index (χ4v) is 3.64. The maximum absolute atomic E-state index is 12.2. The lowest BCUT2D eigenvalue weighted by Crippen LogP contribution is -2.24. The standard InChI is InChI=1S/C23H26N6O2/c30-21(11-5-14-29-26-23(25-27-29)20-9-2-1-3-10-20)24-16-18-7-4-8-19(15-18)17-28-13-6-12-22(28)31/h1-4,7-10,15H,5-6,11-14,16-17H2,(H,24,30). The largest absolute Gasteiger partial charge is 0.352 e. The third kappa shape index (κ3) is 5.75. The van der Waals surface area contributed by atoms with Gasteiger partial charge in [-0.1, -0.05) is 54.6 Å². The van der Waals surface area contributed by atoms with Crippen molar-refractivity contribution in [1.82, 2.24) is 30.4 Å². The third-order valence-electron chi connectivity index (χ3n) is 5.27. The van der Waals surface area contributed by atoms with Crippen LogP contribution in [0, 0.1) is 0 Å². The van der Waals surface area contributed by atoms with E-state index < -0.39 is 0 Å². The summed E-state index contributed by atoms with van der Waals surface area (Å²) in [6.07, 6.45) is 2.61. The Morgan fingerprint density at radius 3 is 2.71 bits per heavy atom. The number of carbonyl (C=O) groups excluding carboxylic acids is 2. The smallest absolute Gasteiger partial charge is 0.222 e. The molecule has 3 aromatic rings. The molecule has 1 aliphatic rings. The van der Waals surface area contributed by atoms with Gasteiger partial charge in [-0.15, -0.1) is 10.2 Å². The third-order valence-corrected chi connectivity index (χ3v) is 5.27. The predicted molar refractivity (Wildman–Crippen MR) is 115 cm³/mol. The summed E-state index contributed by atoms with van der Waals surface area (Å²) in [6.45, 7) is 2.47. The molecule has 0 bridgehead atoms. The van der Waals surface area contributed by atoms with Crippen LogP contribution in [0.3, 0.4) is 0 Å². The van der Waals surface area contributed by atoms with Crippen molar-refractivity contribution in [3.8, 4) is 11.4 Å². The van der Waals surface area contributed by atoms with Crippen molar-refractivity contribution in [3.63, 3.8) is 0 Å². The first kappa shape index (κ1) is 20.7.